The molecule has 1 atom stereocenters. The van der Waals surface area contributed by atoms with E-state index in [4.69, 9.17) is 10.6 Å². The number of aromatic nitrogens is 2. The van der Waals surface area contributed by atoms with Crippen molar-refractivity contribution >= 4 is 0 Å². The van der Waals surface area contributed by atoms with Crippen LogP contribution in [0.1, 0.15) is 12.0 Å². The Bertz CT molecular complexity index is 319. The van der Waals surface area contributed by atoms with Crippen LogP contribution in [0.4, 0.5) is 8.78 Å². The number of nitrogens with one attached hydrogen (secondary N) is 1. The predicted molar refractivity (Wildman–Crippen MR) is 59.5 cm³/mol. The van der Waals surface area contributed by atoms with Crippen molar-refractivity contribution in [2.24, 2.45) is 12.9 Å². The second-order valence-electron chi connectivity index (χ2n) is 3.84. The third-order valence-electron chi connectivity index (χ3n) is 2.33. The SMILES string of the molecule is Cn1cc(CC(CCOCC(F)F)NN)cn1. The molecule has 0 radical (unpaired) electrons. The molecule has 0 fully saturated rings. The third kappa shape index (κ3) is 5.71. The van der Waals surface area contributed by atoms with Crippen molar-refractivity contribution < 1.29 is 13.5 Å². The molecule has 0 aliphatic heterocycles. The highest BCUT2D eigenvalue weighted by Crippen LogP contribution is 2.05. The van der Waals surface area contributed by atoms with Crippen LogP contribution >= 0.6 is 0 Å². The number of aryl methyl sites for hydroxylation is 1. The normalized spacial score (nSPS) is 13.2. The summed E-state index contributed by atoms with van der Waals surface area (Å²) in [6, 6.07) is -0.00290. The minimum absolute atomic E-state index is 0.00290. The molecule has 0 aliphatic rings. The Labute approximate surface area is 98.9 Å². The lowest BCUT2D eigenvalue weighted by Gasteiger charge is -2.14. The Balaban J connectivity index is 2.24. The second-order valence-corrected chi connectivity index (χ2v) is 3.84. The summed E-state index contributed by atoms with van der Waals surface area (Å²) in [6.07, 6.45) is 2.51. The van der Waals surface area contributed by atoms with Gasteiger partial charge in [0.15, 0.2) is 0 Å². The molecular weight excluding hydrogens is 230 g/mol. The Morgan fingerprint density at radius 3 is 2.88 bits per heavy atom. The van der Waals surface area contributed by atoms with Crippen molar-refractivity contribution in [3.8, 4) is 0 Å². The summed E-state index contributed by atoms with van der Waals surface area (Å²) < 4.78 is 30.1. The van der Waals surface area contributed by atoms with Crippen molar-refractivity contribution in [3.05, 3.63) is 18.0 Å². The van der Waals surface area contributed by atoms with Crippen molar-refractivity contribution in [1.82, 2.24) is 15.2 Å². The van der Waals surface area contributed by atoms with E-state index >= 15 is 0 Å². The van der Waals surface area contributed by atoms with Crippen LogP contribution in [-0.4, -0.2) is 35.5 Å². The van der Waals surface area contributed by atoms with Crippen molar-refractivity contribution in [2.75, 3.05) is 13.2 Å². The zero-order chi connectivity index (χ0) is 12.7. The minimum Gasteiger partial charge on any atom is -0.375 e. The molecule has 0 bridgehead atoms. The molecule has 1 rings (SSSR count). The smallest absolute Gasteiger partial charge is 0.261 e. The van der Waals surface area contributed by atoms with E-state index in [9.17, 15) is 8.78 Å². The number of hydrazine groups is 1. The van der Waals surface area contributed by atoms with Gasteiger partial charge in [0.25, 0.3) is 6.43 Å². The van der Waals surface area contributed by atoms with E-state index in [-0.39, 0.29) is 12.6 Å². The lowest BCUT2D eigenvalue weighted by molar-refractivity contribution is 0.0144. The summed E-state index contributed by atoms with van der Waals surface area (Å²) in [7, 11) is 1.83. The highest BCUT2D eigenvalue weighted by Gasteiger charge is 2.10. The van der Waals surface area contributed by atoms with Gasteiger partial charge in [0.2, 0.25) is 0 Å². The topological polar surface area (TPSA) is 65.1 Å². The molecule has 1 heterocycles. The molecular formula is C10H18F2N4O. The Morgan fingerprint density at radius 1 is 1.59 bits per heavy atom. The summed E-state index contributed by atoms with van der Waals surface area (Å²) in [5.74, 6) is 5.39. The lowest BCUT2D eigenvalue weighted by atomic mass is 10.1. The molecule has 0 aliphatic carbocycles. The van der Waals surface area contributed by atoms with Gasteiger partial charge < -0.3 is 4.74 Å². The molecule has 0 spiro atoms. The van der Waals surface area contributed by atoms with Crippen LogP contribution in [0.25, 0.3) is 0 Å². The van der Waals surface area contributed by atoms with Crippen molar-refractivity contribution in [3.63, 3.8) is 0 Å². The molecule has 7 heteroatoms. The largest absolute Gasteiger partial charge is 0.375 e. The van der Waals surface area contributed by atoms with Crippen LogP contribution in [0.15, 0.2) is 12.4 Å². The monoisotopic (exact) mass is 248 g/mol. The van der Waals surface area contributed by atoms with Gasteiger partial charge in [0, 0.05) is 25.9 Å². The molecule has 98 valence electrons. The van der Waals surface area contributed by atoms with Gasteiger partial charge in [-0.25, -0.2) is 8.78 Å². The van der Waals surface area contributed by atoms with E-state index in [1.165, 1.54) is 0 Å². The number of ether oxygens (including phenoxy) is 1. The van der Waals surface area contributed by atoms with Crippen LogP contribution in [0.5, 0.6) is 0 Å². The number of hydrogen-bond donors (Lipinski definition) is 2. The summed E-state index contributed by atoms with van der Waals surface area (Å²) in [4.78, 5) is 0. The summed E-state index contributed by atoms with van der Waals surface area (Å²) >= 11 is 0. The molecule has 1 aromatic rings. The van der Waals surface area contributed by atoms with Crippen LogP contribution in [-0.2, 0) is 18.2 Å². The van der Waals surface area contributed by atoms with Crippen LogP contribution in [0.2, 0.25) is 0 Å². The molecule has 5 nitrogen and oxygen atoms in total. The molecule has 1 aromatic heterocycles. The van der Waals surface area contributed by atoms with E-state index in [2.05, 4.69) is 10.5 Å². The number of rotatable bonds is 8. The van der Waals surface area contributed by atoms with E-state index in [0.717, 1.165) is 5.56 Å². The molecule has 0 saturated carbocycles. The number of alkyl halides is 2. The van der Waals surface area contributed by atoms with E-state index in [0.29, 0.717) is 12.8 Å². The van der Waals surface area contributed by atoms with Crippen LogP contribution in [0.3, 0.4) is 0 Å². The molecule has 0 saturated heterocycles. The van der Waals surface area contributed by atoms with Gasteiger partial charge in [-0.05, 0) is 18.4 Å². The van der Waals surface area contributed by atoms with Gasteiger partial charge in [-0.1, -0.05) is 0 Å². The Morgan fingerprint density at radius 2 is 2.35 bits per heavy atom. The quantitative estimate of drug-likeness (QED) is 0.399. The number of hydrogen-bond acceptors (Lipinski definition) is 4. The fourth-order valence-corrected chi connectivity index (χ4v) is 1.50. The highest BCUT2D eigenvalue weighted by atomic mass is 19.3. The minimum atomic E-state index is -2.42. The molecule has 17 heavy (non-hydrogen) atoms. The van der Waals surface area contributed by atoms with Gasteiger partial charge in [0.1, 0.15) is 6.61 Å². The van der Waals surface area contributed by atoms with Gasteiger partial charge in [0.05, 0.1) is 6.20 Å². The highest BCUT2D eigenvalue weighted by molar-refractivity contribution is 5.05. The predicted octanol–water partition coefficient (Wildman–Crippen LogP) is 0.466. The second kappa shape index (κ2) is 7.31. The van der Waals surface area contributed by atoms with Crippen LogP contribution < -0.4 is 11.3 Å². The number of halogens is 2. The average Bonchev–Trinajstić information content (AvgIpc) is 2.68. The van der Waals surface area contributed by atoms with Crippen molar-refractivity contribution in [1.29, 1.82) is 0 Å². The van der Waals surface area contributed by atoms with Gasteiger partial charge in [-0.3, -0.25) is 16.0 Å². The zero-order valence-corrected chi connectivity index (χ0v) is 9.77. The Kier molecular flexibility index (Phi) is 6.03. The first-order valence-corrected chi connectivity index (χ1v) is 5.41. The maximum atomic E-state index is 11.8. The van der Waals surface area contributed by atoms with E-state index < -0.39 is 13.0 Å². The lowest BCUT2D eigenvalue weighted by Crippen LogP contribution is -2.37. The third-order valence-corrected chi connectivity index (χ3v) is 2.33. The van der Waals surface area contributed by atoms with Crippen LogP contribution in [0, 0.1) is 0 Å². The molecule has 0 aromatic carbocycles. The maximum absolute atomic E-state index is 11.8. The molecule has 1 unspecified atom stereocenters. The maximum Gasteiger partial charge on any atom is 0.261 e. The van der Waals surface area contributed by atoms with E-state index in [1.54, 1.807) is 10.9 Å². The number of nitrogens with two attached hydrogens (primary N) is 1. The first-order valence-electron chi connectivity index (χ1n) is 5.41. The average molecular weight is 248 g/mol. The van der Waals surface area contributed by atoms with Gasteiger partial charge in [-0.2, -0.15) is 5.10 Å². The fraction of sp³-hybridized carbons (Fsp3) is 0.700. The summed E-state index contributed by atoms with van der Waals surface area (Å²) in [5, 5.41) is 4.04. The van der Waals surface area contributed by atoms with Gasteiger partial charge >= 0.3 is 0 Å². The Hall–Kier alpha value is -1.05. The zero-order valence-electron chi connectivity index (χ0n) is 9.77. The number of nitrogens with zero attached hydrogens (tertiary/aromatic N) is 2. The first-order chi connectivity index (χ1) is 8.11. The molecule has 3 N–H and O–H groups in total. The first kappa shape index (κ1) is 14.0. The van der Waals surface area contributed by atoms with Gasteiger partial charge in [-0.15, -0.1) is 0 Å². The summed E-state index contributed by atoms with van der Waals surface area (Å²) in [5.41, 5.74) is 3.69. The molecule has 0 amide bonds. The standard InChI is InChI=1S/C10H18F2N4O/c1-16-6-8(5-14-16)4-9(15-13)2-3-17-7-10(11)12/h5-6,9-10,15H,2-4,7,13H2,1H3. The summed E-state index contributed by atoms with van der Waals surface area (Å²) in [6.45, 7) is -0.260. The fourth-order valence-electron chi connectivity index (χ4n) is 1.50. The van der Waals surface area contributed by atoms with E-state index in [1.807, 2.05) is 13.2 Å². The van der Waals surface area contributed by atoms with Crippen molar-refractivity contribution in [2.45, 2.75) is 25.3 Å².